The summed E-state index contributed by atoms with van der Waals surface area (Å²) in [5.41, 5.74) is 0.121. The lowest BCUT2D eigenvalue weighted by Crippen LogP contribution is -2.50. The minimum Gasteiger partial charge on any atom is -0.481 e. The van der Waals surface area contributed by atoms with Gasteiger partial charge in [0.2, 0.25) is 0 Å². The highest BCUT2D eigenvalue weighted by atomic mass is 16.5. The van der Waals surface area contributed by atoms with Gasteiger partial charge in [-0.25, -0.2) is 4.79 Å². The number of amides is 1. The molecule has 1 amide bonds. The number of alkyl carbamates (subject to hydrolysis) is 1. The summed E-state index contributed by atoms with van der Waals surface area (Å²) in [4.78, 5) is 23.2. The van der Waals surface area contributed by atoms with Crippen molar-refractivity contribution in [1.82, 2.24) is 5.32 Å². The second-order valence-corrected chi connectivity index (χ2v) is 5.99. The average Bonchev–Trinajstić information content (AvgIpc) is 2.44. The number of carbonyl (C=O) groups is 2. The Bertz CT molecular complexity index is 487. The Morgan fingerprint density at radius 2 is 1.91 bits per heavy atom. The molecule has 122 valence electrons. The van der Waals surface area contributed by atoms with Crippen LogP contribution in [0.1, 0.15) is 45.6 Å². The molecule has 0 spiro atoms. The van der Waals surface area contributed by atoms with Gasteiger partial charge in [0.15, 0.2) is 0 Å². The summed E-state index contributed by atoms with van der Waals surface area (Å²) in [6.07, 6.45) is 0.448. The number of nitrogens with one attached hydrogen (secondary N) is 1. The van der Waals surface area contributed by atoms with Crippen molar-refractivity contribution >= 4 is 12.1 Å². The summed E-state index contributed by atoms with van der Waals surface area (Å²) in [5.74, 6) is -0.653. The van der Waals surface area contributed by atoms with Gasteiger partial charge in [-0.1, -0.05) is 51.1 Å². The van der Waals surface area contributed by atoms with Crippen molar-refractivity contribution in [2.75, 3.05) is 0 Å². The fraction of sp³-hybridized carbons (Fsp3) is 0.529. The normalized spacial score (nSPS) is 13.5. The molecule has 0 saturated carbocycles. The molecule has 0 saturated heterocycles. The van der Waals surface area contributed by atoms with Gasteiger partial charge >= 0.3 is 12.1 Å². The third kappa shape index (κ3) is 6.16. The molecule has 1 aromatic carbocycles. The van der Waals surface area contributed by atoms with Gasteiger partial charge in [-0.15, -0.1) is 0 Å². The Hall–Kier alpha value is -2.04. The van der Waals surface area contributed by atoms with Gasteiger partial charge in [-0.3, -0.25) is 4.79 Å². The molecule has 0 radical (unpaired) electrons. The van der Waals surface area contributed by atoms with Gasteiger partial charge in [0, 0.05) is 0 Å². The lowest BCUT2D eigenvalue weighted by molar-refractivity contribution is -0.138. The van der Waals surface area contributed by atoms with Crippen LogP contribution in [0.5, 0.6) is 0 Å². The van der Waals surface area contributed by atoms with E-state index < -0.39 is 17.6 Å². The highest BCUT2D eigenvalue weighted by molar-refractivity contribution is 5.72. The molecular weight excluding hydrogens is 282 g/mol. The summed E-state index contributed by atoms with van der Waals surface area (Å²) in [7, 11) is 0. The van der Waals surface area contributed by atoms with E-state index in [0.717, 1.165) is 5.56 Å². The third-order valence-corrected chi connectivity index (χ3v) is 3.55. The molecule has 0 heterocycles. The molecule has 0 aliphatic carbocycles. The first-order valence-electron chi connectivity index (χ1n) is 7.57. The predicted molar refractivity (Wildman–Crippen MR) is 84.5 cm³/mol. The molecule has 0 aliphatic heterocycles. The fourth-order valence-electron chi connectivity index (χ4n) is 2.57. The predicted octanol–water partition coefficient (Wildman–Crippen LogP) is 3.58. The summed E-state index contributed by atoms with van der Waals surface area (Å²) >= 11 is 0. The average molecular weight is 307 g/mol. The molecule has 22 heavy (non-hydrogen) atoms. The van der Waals surface area contributed by atoms with Crippen molar-refractivity contribution in [2.24, 2.45) is 5.92 Å². The van der Waals surface area contributed by atoms with Crippen molar-refractivity contribution in [2.45, 2.75) is 52.2 Å². The van der Waals surface area contributed by atoms with E-state index in [2.05, 4.69) is 5.32 Å². The molecule has 1 rings (SSSR count). The van der Waals surface area contributed by atoms with E-state index in [0.29, 0.717) is 12.8 Å². The summed E-state index contributed by atoms with van der Waals surface area (Å²) in [6.45, 7) is 6.05. The number of benzene rings is 1. The van der Waals surface area contributed by atoms with Crippen molar-refractivity contribution in [3.63, 3.8) is 0 Å². The summed E-state index contributed by atoms with van der Waals surface area (Å²) in [5, 5.41) is 11.9. The second kappa shape index (κ2) is 8.41. The SMILES string of the molecule is CC[C@@](CC(=O)O)(CC(C)C)NC(=O)OCc1ccccc1. The molecule has 0 bridgehead atoms. The third-order valence-electron chi connectivity index (χ3n) is 3.55. The minimum atomic E-state index is -0.925. The topological polar surface area (TPSA) is 75.6 Å². The van der Waals surface area contributed by atoms with Crippen LogP contribution in [0, 0.1) is 5.92 Å². The first-order valence-corrected chi connectivity index (χ1v) is 7.57. The van der Waals surface area contributed by atoms with Crippen LogP contribution < -0.4 is 5.32 Å². The zero-order valence-electron chi connectivity index (χ0n) is 13.5. The van der Waals surface area contributed by atoms with Gasteiger partial charge < -0.3 is 15.2 Å². The van der Waals surface area contributed by atoms with Crippen molar-refractivity contribution < 1.29 is 19.4 Å². The molecule has 1 atom stereocenters. The Labute approximate surface area is 131 Å². The smallest absolute Gasteiger partial charge is 0.407 e. The van der Waals surface area contributed by atoms with E-state index in [1.165, 1.54) is 0 Å². The standard InChI is InChI=1S/C17H25NO4/c1-4-17(10-13(2)3,11-15(19)20)18-16(21)22-12-14-8-6-5-7-9-14/h5-9,13H,4,10-12H2,1-3H3,(H,18,21)(H,19,20)/t17-/m0/s1. The van der Waals surface area contributed by atoms with E-state index in [-0.39, 0.29) is 18.9 Å². The maximum absolute atomic E-state index is 12.0. The molecule has 5 nitrogen and oxygen atoms in total. The van der Waals surface area contributed by atoms with E-state index in [1.807, 2.05) is 51.1 Å². The van der Waals surface area contributed by atoms with E-state index in [4.69, 9.17) is 9.84 Å². The first-order chi connectivity index (χ1) is 10.4. The molecule has 2 N–H and O–H groups in total. The number of hydrogen-bond donors (Lipinski definition) is 2. The van der Waals surface area contributed by atoms with Crippen molar-refractivity contribution in [3.8, 4) is 0 Å². The van der Waals surface area contributed by atoms with Gasteiger partial charge in [0.05, 0.1) is 12.0 Å². The van der Waals surface area contributed by atoms with Gasteiger partial charge in [-0.2, -0.15) is 0 Å². The van der Waals surface area contributed by atoms with E-state index in [9.17, 15) is 9.59 Å². The molecular formula is C17H25NO4. The van der Waals surface area contributed by atoms with Crippen LogP contribution in [0.15, 0.2) is 30.3 Å². The number of carboxylic acids is 1. The van der Waals surface area contributed by atoms with Crippen LogP contribution in [0.25, 0.3) is 0 Å². The van der Waals surface area contributed by atoms with Crippen molar-refractivity contribution in [1.29, 1.82) is 0 Å². The number of hydrogen-bond acceptors (Lipinski definition) is 3. The fourth-order valence-corrected chi connectivity index (χ4v) is 2.57. The molecule has 5 heteroatoms. The lowest BCUT2D eigenvalue weighted by Gasteiger charge is -2.33. The Balaban J connectivity index is 2.67. The van der Waals surface area contributed by atoms with Gasteiger partial charge in [0.25, 0.3) is 0 Å². The van der Waals surface area contributed by atoms with Gasteiger partial charge in [0.1, 0.15) is 6.61 Å². The molecule has 0 aromatic heterocycles. The lowest BCUT2D eigenvalue weighted by atomic mass is 9.83. The van der Waals surface area contributed by atoms with Crippen LogP contribution in [-0.4, -0.2) is 22.7 Å². The zero-order chi connectivity index (χ0) is 16.6. The Morgan fingerprint density at radius 1 is 1.27 bits per heavy atom. The van der Waals surface area contributed by atoms with E-state index in [1.54, 1.807) is 0 Å². The van der Waals surface area contributed by atoms with Gasteiger partial charge in [-0.05, 0) is 24.3 Å². The monoisotopic (exact) mass is 307 g/mol. The van der Waals surface area contributed by atoms with Crippen molar-refractivity contribution in [3.05, 3.63) is 35.9 Å². The highest BCUT2D eigenvalue weighted by Gasteiger charge is 2.34. The molecule has 0 unspecified atom stereocenters. The Morgan fingerprint density at radius 3 is 2.41 bits per heavy atom. The second-order valence-electron chi connectivity index (χ2n) is 5.99. The summed E-state index contributed by atoms with van der Waals surface area (Å²) < 4.78 is 5.21. The molecule has 0 fully saturated rings. The molecule has 1 aromatic rings. The highest BCUT2D eigenvalue weighted by Crippen LogP contribution is 2.25. The number of carbonyl (C=O) groups excluding carboxylic acids is 1. The quantitative estimate of drug-likeness (QED) is 0.769. The largest absolute Gasteiger partial charge is 0.481 e. The van der Waals surface area contributed by atoms with Crippen LogP contribution in [-0.2, 0) is 16.1 Å². The van der Waals surface area contributed by atoms with Crippen LogP contribution >= 0.6 is 0 Å². The summed E-state index contributed by atoms with van der Waals surface area (Å²) in [6, 6.07) is 9.37. The number of aliphatic carboxylic acids is 1. The maximum Gasteiger partial charge on any atom is 0.407 e. The minimum absolute atomic E-state index is 0.109. The maximum atomic E-state index is 12.0. The zero-order valence-corrected chi connectivity index (χ0v) is 13.5. The van der Waals surface area contributed by atoms with Crippen LogP contribution in [0.4, 0.5) is 4.79 Å². The van der Waals surface area contributed by atoms with Crippen LogP contribution in [0.3, 0.4) is 0 Å². The van der Waals surface area contributed by atoms with E-state index >= 15 is 0 Å². The molecule has 0 aliphatic rings. The number of carboxylic acid groups (broad SMARTS) is 1. The Kier molecular flexibility index (Phi) is 6.89. The number of ether oxygens (including phenoxy) is 1. The van der Waals surface area contributed by atoms with Crippen LogP contribution in [0.2, 0.25) is 0 Å². The number of rotatable bonds is 8. The first kappa shape index (κ1) is 18.0.